The molecule has 2 aliphatic heterocycles. The number of amides is 3. The number of ether oxygens (including phenoxy) is 1. The third-order valence-corrected chi connectivity index (χ3v) is 6.76. The standard InChI is InChI=1S/C26H44N2O5/c1-2-3-4-5-6-7-8-9-10-13-21-33-26(32)22(27-20-14-16-23(27)29)15-11-12-19-28-24(30)17-18-25(28)31/h22H,2-21H2,1H3. The van der Waals surface area contributed by atoms with Crippen LogP contribution in [0.5, 0.6) is 0 Å². The molecular weight excluding hydrogens is 420 g/mol. The molecule has 0 N–H and O–H groups in total. The fourth-order valence-corrected chi connectivity index (χ4v) is 4.74. The molecule has 0 aromatic carbocycles. The zero-order valence-corrected chi connectivity index (χ0v) is 20.7. The van der Waals surface area contributed by atoms with E-state index in [1.165, 1.54) is 56.3 Å². The summed E-state index contributed by atoms with van der Waals surface area (Å²) in [6.45, 7) is 3.64. The molecule has 0 bridgehead atoms. The number of esters is 1. The quantitative estimate of drug-likeness (QED) is 0.166. The highest BCUT2D eigenvalue weighted by molar-refractivity contribution is 6.01. The second-order valence-electron chi connectivity index (χ2n) is 9.49. The number of carbonyl (C=O) groups is 4. The molecule has 0 radical (unpaired) electrons. The first-order valence-corrected chi connectivity index (χ1v) is 13.3. The zero-order valence-electron chi connectivity index (χ0n) is 20.7. The molecule has 0 spiro atoms. The van der Waals surface area contributed by atoms with E-state index in [2.05, 4.69) is 6.92 Å². The van der Waals surface area contributed by atoms with Crippen molar-refractivity contribution in [3.8, 4) is 0 Å². The molecule has 3 amide bonds. The molecule has 188 valence electrons. The van der Waals surface area contributed by atoms with Gasteiger partial charge in [-0.15, -0.1) is 0 Å². The van der Waals surface area contributed by atoms with Crippen LogP contribution in [0.4, 0.5) is 0 Å². The SMILES string of the molecule is CCCCCCCCCCCCOC(=O)C(CCCCN1C(=O)CCC1=O)N1CCCC1=O. The number of rotatable bonds is 18. The van der Waals surface area contributed by atoms with Gasteiger partial charge in [-0.05, 0) is 32.1 Å². The lowest BCUT2D eigenvalue weighted by Gasteiger charge is -2.26. The average molecular weight is 465 g/mol. The third kappa shape index (κ3) is 9.85. The number of carbonyl (C=O) groups excluding carboxylic acids is 4. The van der Waals surface area contributed by atoms with Crippen molar-refractivity contribution in [3.05, 3.63) is 0 Å². The van der Waals surface area contributed by atoms with Crippen molar-refractivity contribution in [2.45, 2.75) is 122 Å². The number of nitrogens with zero attached hydrogens (tertiary/aromatic N) is 2. The van der Waals surface area contributed by atoms with E-state index in [-0.39, 0.29) is 23.7 Å². The molecule has 2 aliphatic rings. The van der Waals surface area contributed by atoms with Crippen molar-refractivity contribution in [2.24, 2.45) is 0 Å². The summed E-state index contributed by atoms with van der Waals surface area (Å²) in [6, 6.07) is -0.548. The van der Waals surface area contributed by atoms with E-state index in [9.17, 15) is 19.2 Å². The minimum atomic E-state index is -0.548. The van der Waals surface area contributed by atoms with E-state index in [0.29, 0.717) is 58.2 Å². The summed E-state index contributed by atoms with van der Waals surface area (Å²) < 4.78 is 5.55. The number of hydrogen-bond donors (Lipinski definition) is 0. The number of imide groups is 1. The van der Waals surface area contributed by atoms with Gasteiger partial charge in [-0.1, -0.05) is 64.7 Å². The predicted molar refractivity (Wildman–Crippen MR) is 127 cm³/mol. The molecule has 33 heavy (non-hydrogen) atoms. The van der Waals surface area contributed by atoms with Gasteiger partial charge in [0.1, 0.15) is 6.04 Å². The summed E-state index contributed by atoms with van der Waals surface area (Å²) in [5.74, 6) is -0.514. The normalized spacial score (nSPS) is 17.3. The highest BCUT2D eigenvalue weighted by atomic mass is 16.5. The van der Waals surface area contributed by atoms with Gasteiger partial charge in [0.2, 0.25) is 17.7 Å². The first-order chi connectivity index (χ1) is 16.0. The lowest BCUT2D eigenvalue weighted by atomic mass is 10.1. The van der Waals surface area contributed by atoms with Crippen LogP contribution in [0, 0.1) is 0 Å². The second kappa shape index (κ2) is 15.8. The van der Waals surface area contributed by atoms with Crippen LogP contribution in [0.2, 0.25) is 0 Å². The molecule has 7 nitrogen and oxygen atoms in total. The van der Waals surface area contributed by atoms with Gasteiger partial charge in [0, 0.05) is 32.4 Å². The minimum Gasteiger partial charge on any atom is -0.464 e. The molecule has 0 saturated carbocycles. The minimum absolute atomic E-state index is 0.0146. The van der Waals surface area contributed by atoms with Crippen molar-refractivity contribution in [3.63, 3.8) is 0 Å². The largest absolute Gasteiger partial charge is 0.464 e. The Bertz CT molecular complexity index is 620. The van der Waals surface area contributed by atoms with Crippen molar-refractivity contribution in [1.29, 1.82) is 0 Å². The Labute approximate surface area is 199 Å². The smallest absolute Gasteiger partial charge is 0.328 e. The molecule has 2 saturated heterocycles. The van der Waals surface area contributed by atoms with Gasteiger partial charge in [0.15, 0.2) is 0 Å². The Balaban J connectivity index is 1.63. The highest BCUT2D eigenvalue weighted by Gasteiger charge is 2.34. The number of likely N-dealkylation sites (tertiary alicyclic amines) is 2. The van der Waals surface area contributed by atoms with E-state index in [1.807, 2.05) is 0 Å². The molecule has 1 unspecified atom stereocenters. The molecule has 0 aliphatic carbocycles. The van der Waals surface area contributed by atoms with Crippen LogP contribution in [0.25, 0.3) is 0 Å². The molecule has 1 atom stereocenters. The first-order valence-electron chi connectivity index (χ1n) is 13.3. The third-order valence-electron chi connectivity index (χ3n) is 6.76. The van der Waals surface area contributed by atoms with E-state index < -0.39 is 6.04 Å². The van der Waals surface area contributed by atoms with Gasteiger partial charge >= 0.3 is 5.97 Å². The summed E-state index contributed by atoms with van der Waals surface area (Å²) in [5, 5.41) is 0. The maximum absolute atomic E-state index is 12.8. The summed E-state index contributed by atoms with van der Waals surface area (Å²) >= 11 is 0. The first kappa shape index (κ1) is 27.3. The van der Waals surface area contributed by atoms with Crippen LogP contribution in [-0.2, 0) is 23.9 Å². The summed E-state index contributed by atoms with van der Waals surface area (Å²) in [7, 11) is 0. The van der Waals surface area contributed by atoms with Crippen LogP contribution in [0.1, 0.15) is 116 Å². The van der Waals surface area contributed by atoms with E-state index >= 15 is 0 Å². The average Bonchev–Trinajstić information content (AvgIpc) is 3.36. The van der Waals surface area contributed by atoms with Gasteiger partial charge in [0.05, 0.1) is 6.61 Å². The summed E-state index contributed by atoms with van der Waals surface area (Å²) in [4.78, 5) is 51.4. The van der Waals surface area contributed by atoms with Gasteiger partial charge in [-0.3, -0.25) is 19.3 Å². The number of unbranched alkanes of at least 4 members (excludes halogenated alkanes) is 10. The lowest BCUT2D eigenvalue weighted by molar-refractivity contribution is -0.154. The number of hydrogen-bond acceptors (Lipinski definition) is 5. The van der Waals surface area contributed by atoms with Crippen molar-refractivity contribution in [1.82, 2.24) is 9.80 Å². The molecule has 2 fully saturated rings. The van der Waals surface area contributed by atoms with E-state index in [0.717, 1.165) is 19.3 Å². The van der Waals surface area contributed by atoms with E-state index in [4.69, 9.17) is 4.74 Å². The van der Waals surface area contributed by atoms with Crippen molar-refractivity contribution < 1.29 is 23.9 Å². The summed E-state index contributed by atoms with van der Waals surface area (Å²) in [5.41, 5.74) is 0. The Hall–Kier alpha value is -1.92. The Kier molecular flexibility index (Phi) is 13.1. The lowest BCUT2D eigenvalue weighted by Crippen LogP contribution is -2.43. The Morgan fingerprint density at radius 2 is 1.39 bits per heavy atom. The van der Waals surface area contributed by atoms with Crippen LogP contribution >= 0.6 is 0 Å². The van der Waals surface area contributed by atoms with Crippen molar-refractivity contribution in [2.75, 3.05) is 19.7 Å². The molecule has 0 aromatic heterocycles. The Morgan fingerprint density at radius 3 is 1.97 bits per heavy atom. The topological polar surface area (TPSA) is 84.0 Å². The molecular formula is C26H44N2O5. The van der Waals surface area contributed by atoms with Gasteiger partial charge in [-0.2, -0.15) is 0 Å². The van der Waals surface area contributed by atoms with Gasteiger partial charge in [0.25, 0.3) is 0 Å². The van der Waals surface area contributed by atoms with Gasteiger partial charge in [-0.25, -0.2) is 4.79 Å². The molecule has 2 heterocycles. The Morgan fingerprint density at radius 1 is 0.788 bits per heavy atom. The fraction of sp³-hybridized carbons (Fsp3) is 0.846. The fourth-order valence-electron chi connectivity index (χ4n) is 4.74. The monoisotopic (exact) mass is 464 g/mol. The van der Waals surface area contributed by atoms with Crippen molar-refractivity contribution >= 4 is 23.7 Å². The highest BCUT2D eigenvalue weighted by Crippen LogP contribution is 2.20. The van der Waals surface area contributed by atoms with Gasteiger partial charge < -0.3 is 9.64 Å². The van der Waals surface area contributed by atoms with Crippen LogP contribution in [0.3, 0.4) is 0 Å². The van der Waals surface area contributed by atoms with Crippen LogP contribution in [-0.4, -0.2) is 59.2 Å². The maximum Gasteiger partial charge on any atom is 0.328 e. The van der Waals surface area contributed by atoms with Crippen LogP contribution in [0.15, 0.2) is 0 Å². The van der Waals surface area contributed by atoms with E-state index in [1.54, 1.807) is 4.90 Å². The molecule has 7 heteroatoms. The predicted octanol–water partition coefficient (Wildman–Crippen LogP) is 4.76. The maximum atomic E-state index is 12.8. The molecule has 0 aromatic rings. The summed E-state index contributed by atoms with van der Waals surface area (Å²) in [6.07, 6.45) is 15.9. The van der Waals surface area contributed by atoms with Crippen LogP contribution < -0.4 is 0 Å². The molecule has 2 rings (SSSR count). The second-order valence-corrected chi connectivity index (χ2v) is 9.49. The zero-order chi connectivity index (χ0) is 23.9.